The van der Waals surface area contributed by atoms with Crippen LogP contribution in [0.4, 0.5) is 0 Å². The standard InChI is InChI=1S/C14H18O5/c1-10(13(15)16)5-4-8-19-14(17)11-6-3-7-12(9-11)18-2/h3,6-7,9-10H,4-5,8H2,1-2H3,(H,15,16). The summed E-state index contributed by atoms with van der Waals surface area (Å²) in [5, 5.41) is 8.70. The minimum absolute atomic E-state index is 0.216. The number of benzene rings is 1. The first-order valence-corrected chi connectivity index (χ1v) is 6.08. The molecular formula is C14H18O5. The Morgan fingerprint density at radius 1 is 1.37 bits per heavy atom. The Balaban J connectivity index is 2.37. The zero-order valence-corrected chi connectivity index (χ0v) is 11.1. The van der Waals surface area contributed by atoms with Crippen LogP contribution in [0.5, 0.6) is 5.75 Å². The van der Waals surface area contributed by atoms with E-state index in [1.165, 1.54) is 7.11 Å². The average Bonchev–Trinajstić information content (AvgIpc) is 2.42. The second-order valence-electron chi connectivity index (χ2n) is 4.25. The van der Waals surface area contributed by atoms with Crippen LogP contribution in [0.1, 0.15) is 30.1 Å². The predicted octanol–water partition coefficient (Wildman–Crippen LogP) is 2.35. The van der Waals surface area contributed by atoms with Gasteiger partial charge in [0.25, 0.3) is 0 Å². The summed E-state index contributed by atoms with van der Waals surface area (Å²) in [6, 6.07) is 6.69. The van der Waals surface area contributed by atoms with Crippen molar-refractivity contribution in [2.75, 3.05) is 13.7 Å². The van der Waals surface area contributed by atoms with Gasteiger partial charge in [0.15, 0.2) is 0 Å². The van der Waals surface area contributed by atoms with E-state index in [0.29, 0.717) is 24.2 Å². The number of esters is 1. The maximum Gasteiger partial charge on any atom is 0.338 e. The molecule has 1 unspecified atom stereocenters. The molecule has 0 spiro atoms. The zero-order valence-electron chi connectivity index (χ0n) is 11.1. The Morgan fingerprint density at radius 2 is 2.11 bits per heavy atom. The van der Waals surface area contributed by atoms with Crippen LogP contribution in [0, 0.1) is 5.92 Å². The van der Waals surface area contributed by atoms with Crippen LogP contribution >= 0.6 is 0 Å². The number of carboxylic acids is 1. The quantitative estimate of drug-likeness (QED) is 0.605. The fraction of sp³-hybridized carbons (Fsp3) is 0.429. The van der Waals surface area contributed by atoms with Gasteiger partial charge in [0, 0.05) is 0 Å². The maximum atomic E-state index is 11.7. The number of methoxy groups -OCH3 is 1. The van der Waals surface area contributed by atoms with Gasteiger partial charge in [-0.05, 0) is 31.0 Å². The lowest BCUT2D eigenvalue weighted by atomic mass is 10.1. The maximum absolute atomic E-state index is 11.7. The number of carbonyl (C=O) groups is 2. The SMILES string of the molecule is COc1cccc(C(=O)OCCCC(C)C(=O)O)c1. The minimum atomic E-state index is -0.834. The van der Waals surface area contributed by atoms with E-state index < -0.39 is 17.9 Å². The smallest absolute Gasteiger partial charge is 0.338 e. The summed E-state index contributed by atoms with van der Waals surface area (Å²) in [7, 11) is 1.53. The molecule has 0 fully saturated rings. The van der Waals surface area contributed by atoms with Gasteiger partial charge in [0.1, 0.15) is 5.75 Å². The van der Waals surface area contributed by atoms with E-state index in [9.17, 15) is 9.59 Å². The van der Waals surface area contributed by atoms with Gasteiger partial charge in [-0.15, -0.1) is 0 Å². The number of rotatable bonds is 7. The Hall–Kier alpha value is -2.04. The molecular weight excluding hydrogens is 248 g/mol. The lowest BCUT2D eigenvalue weighted by Gasteiger charge is -2.08. The van der Waals surface area contributed by atoms with E-state index in [0.717, 1.165) is 0 Å². The zero-order chi connectivity index (χ0) is 14.3. The van der Waals surface area contributed by atoms with E-state index in [1.807, 2.05) is 0 Å². The van der Waals surface area contributed by atoms with Crippen LogP contribution in [0.15, 0.2) is 24.3 Å². The van der Waals surface area contributed by atoms with Crippen LogP contribution in [0.25, 0.3) is 0 Å². The van der Waals surface area contributed by atoms with Crippen molar-refractivity contribution >= 4 is 11.9 Å². The number of aliphatic carboxylic acids is 1. The van der Waals surface area contributed by atoms with Crippen molar-refractivity contribution in [3.05, 3.63) is 29.8 Å². The first-order chi connectivity index (χ1) is 9.04. The first-order valence-electron chi connectivity index (χ1n) is 6.08. The molecule has 0 saturated heterocycles. The number of hydrogen-bond donors (Lipinski definition) is 1. The van der Waals surface area contributed by atoms with Gasteiger partial charge >= 0.3 is 11.9 Å². The van der Waals surface area contributed by atoms with E-state index in [1.54, 1.807) is 31.2 Å². The molecule has 0 aliphatic carbocycles. The normalized spacial score (nSPS) is 11.7. The second kappa shape index (κ2) is 7.41. The van der Waals surface area contributed by atoms with Gasteiger partial charge in [-0.25, -0.2) is 4.79 Å². The van der Waals surface area contributed by atoms with Crippen LogP contribution in [0.2, 0.25) is 0 Å². The van der Waals surface area contributed by atoms with Gasteiger partial charge < -0.3 is 14.6 Å². The summed E-state index contributed by atoms with van der Waals surface area (Å²) in [6.45, 7) is 1.85. The number of carbonyl (C=O) groups excluding carboxylic acids is 1. The monoisotopic (exact) mass is 266 g/mol. The molecule has 0 bridgehead atoms. The van der Waals surface area contributed by atoms with Gasteiger partial charge in [0.2, 0.25) is 0 Å². The minimum Gasteiger partial charge on any atom is -0.497 e. The molecule has 19 heavy (non-hydrogen) atoms. The van der Waals surface area contributed by atoms with Crippen LogP contribution < -0.4 is 4.74 Å². The van der Waals surface area contributed by atoms with Gasteiger partial charge in [-0.3, -0.25) is 4.79 Å². The largest absolute Gasteiger partial charge is 0.497 e. The molecule has 0 radical (unpaired) electrons. The number of ether oxygens (including phenoxy) is 2. The van der Waals surface area contributed by atoms with Crippen molar-refractivity contribution < 1.29 is 24.2 Å². The van der Waals surface area contributed by atoms with Gasteiger partial charge in [-0.2, -0.15) is 0 Å². The van der Waals surface area contributed by atoms with Crippen molar-refractivity contribution in [1.29, 1.82) is 0 Å². The molecule has 5 nitrogen and oxygen atoms in total. The molecule has 0 saturated carbocycles. The first kappa shape index (κ1) is 15.0. The van der Waals surface area contributed by atoms with Gasteiger partial charge in [-0.1, -0.05) is 13.0 Å². The highest BCUT2D eigenvalue weighted by Gasteiger charge is 2.11. The second-order valence-corrected chi connectivity index (χ2v) is 4.25. The number of carboxylic acid groups (broad SMARTS) is 1. The molecule has 1 N–H and O–H groups in total. The summed E-state index contributed by atoms with van der Waals surface area (Å²) in [6.07, 6.45) is 1.02. The number of hydrogen-bond acceptors (Lipinski definition) is 4. The molecule has 1 aromatic rings. The molecule has 0 heterocycles. The summed E-state index contributed by atoms with van der Waals surface area (Å²) >= 11 is 0. The molecule has 1 aromatic carbocycles. The Morgan fingerprint density at radius 3 is 2.74 bits per heavy atom. The van der Waals surface area contributed by atoms with E-state index in [2.05, 4.69) is 0 Å². The van der Waals surface area contributed by atoms with E-state index in [-0.39, 0.29) is 6.61 Å². The van der Waals surface area contributed by atoms with Gasteiger partial charge in [0.05, 0.1) is 25.2 Å². The lowest BCUT2D eigenvalue weighted by Crippen LogP contribution is -2.12. The fourth-order valence-corrected chi connectivity index (χ4v) is 1.51. The van der Waals surface area contributed by atoms with Crippen LogP contribution in [0.3, 0.4) is 0 Å². The molecule has 0 amide bonds. The van der Waals surface area contributed by atoms with Crippen molar-refractivity contribution in [2.24, 2.45) is 5.92 Å². The van der Waals surface area contributed by atoms with E-state index >= 15 is 0 Å². The average molecular weight is 266 g/mol. The van der Waals surface area contributed by atoms with E-state index in [4.69, 9.17) is 14.6 Å². The Bertz CT molecular complexity index is 441. The Kier molecular flexibility index (Phi) is 5.85. The molecule has 0 aliphatic heterocycles. The topological polar surface area (TPSA) is 72.8 Å². The van der Waals surface area contributed by atoms with Crippen molar-refractivity contribution in [3.8, 4) is 5.75 Å². The van der Waals surface area contributed by atoms with Crippen molar-refractivity contribution in [1.82, 2.24) is 0 Å². The molecule has 0 aromatic heterocycles. The van der Waals surface area contributed by atoms with Crippen molar-refractivity contribution in [3.63, 3.8) is 0 Å². The molecule has 104 valence electrons. The highest BCUT2D eigenvalue weighted by atomic mass is 16.5. The van der Waals surface area contributed by atoms with Crippen LogP contribution in [-0.4, -0.2) is 30.8 Å². The predicted molar refractivity (Wildman–Crippen MR) is 69.3 cm³/mol. The summed E-state index contributed by atoms with van der Waals surface area (Å²) in [5.74, 6) is -1.09. The highest BCUT2D eigenvalue weighted by Crippen LogP contribution is 2.14. The van der Waals surface area contributed by atoms with Crippen LogP contribution in [-0.2, 0) is 9.53 Å². The lowest BCUT2D eigenvalue weighted by molar-refractivity contribution is -0.141. The Labute approximate surface area is 112 Å². The highest BCUT2D eigenvalue weighted by molar-refractivity contribution is 5.89. The third-order valence-corrected chi connectivity index (χ3v) is 2.74. The third-order valence-electron chi connectivity index (χ3n) is 2.74. The molecule has 5 heteroatoms. The summed E-state index contributed by atoms with van der Waals surface area (Å²) in [4.78, 5) is 22.3. The summed E-state index contributed by atoms with van der Waals surface area (Å²) < 4.78 is 10.1. The van der Waals surface area contributed by atoms with Crippen molar-refractivity contribution in [2.45, 2.75) is 19.8 Å². The fourth-order valence-electron chi connectivity index (χ4n) is 1.51. The third kappa shape index (κ3) is 4.99. The summed E-state index contributed by atoms with van der Waals surface area (Å²) in [5.41, 5.74) is 0.422. The molecule has 0 aliphatic rings. The molecule has 1 atom stereocenters. The molecule has 1 rings (SSSR count).